The van der Waals surface area contributed by atoms with Crippen molar-refractivity contribution in [3.05, 3.63) is 65.0 Å². The minimum absolute atomic E-state index is 0.0803. The standard InChI is InChI=1S/C24H30N6O3S/c1-5-26-23(32)17-7-6-8-18(12-17)27-22(31)14-34-24-29-28-21(30(24)25)13-33-20-11-16(4)9-10-19(20)15(2)3/h6-12,15H,5,13-14,25H2,1-4H3,(H,26,32)(H,27,31). The summed E-state index contributed by atoms with van der Waals surface area (Å²) in [4.78, 5) is 24.4. The minimum atomic E-state index is -0.250. The van der Waals surface area contributed by atoms with Crippen LogP contribution in [0.25, 0.3) is 0 Å². The van der Waals surface area contributed by atoms with E-state index in [4.69, 9.17) is 10.6 Å². The Kier molecular flexibility index (Phi) is 8.53. The number of anilines is 1. The first-order valence-corrected chi connectivity index (χ1v) is 12.0. The second kappa shape index (κ2) is 11.6. The Morgan fingerprint density at radius 3 is 2.71 bits per heavy atom. The van der Waals surface area contributed by atoms with Gasteiger partial charge in [-0.3, -0.25) is 9.59 Å². The molecule has 0 saturated heterocycles. The molecule has 0 aliphatic rings. The van der Waals surface area contributed by atoms with E-state index in [0.29, 0.717) is 34.7 Å². The van der Waals surface area contributed by atoms with Gasteiger partial charge in [-0.2, -0.15) is 0 Å². The number of hydrogen-bond donors (Lipinski definition) is 3. The topological polar surface area (TPSA) is 124 Å². The zero-order chi connectivity index (χ0) is 24.7. The van der Waals surface area contributed by atoms with Crippen molar-refractivity contribution in [1.29, 1.82) is 0 Å². The van der Waals surface area contributed by atoms with Gasteiger partial charge in [0.05, 0.1) is 5.75 Å². The van der Waals surface area contributed by atoms with Crippen molar-refractivity contribution < 1.29 is 14.3 Å². The maximum atomic E-state index is 12.4. The number of ether oxygens (including phenoxy) is 1. The summed E-state index contributed by atoms with van der Waals surface area (Å²) < 4.78 is 7.32. The Balaban J connectivity index is 1.57. The summed E-state index contributed by atoms with van der Waals surface area (Å²) in [6, 6.07) is 12.9. The molecule has 180 valence electrons. The molecule has 0 fully saturated rings. The lowest BCUT2D eigenvalue weighted by molar-refractivity contribution is -0.113. The molecule has 0 aliphatic carbocycles. The average molecular weight is 483 g/mol. The zero-order valence-corrected chi connectivity index (χ0v) is 20.6. The molecule has 0 bridgehead atoms. The number of nitrogens with one attached hydrogen (secondary N) is 2. The number of carbonyl (C=O) groups is 2. The third-order valence-electron chi connectivity index (χ3n) is 4.96. The smallest absolute Gasteiger partial charge is 0.251 e. The largest absolute Gasteiger partial charge is 0.485 e. The van der Waals surface area contributed by atoms with Crippen molar-refractivity contribution in [1.82, 2.24) is 20.2 Å². The predicted octanol–water partition coefficient (Wildman–Crippen LogP) is 3.48. The van der Waals surface area contributed by atoms with E-state index in [1.54, 1.807) is 24.3 Å². The van der Waals surface area contributed by atoms with Gasteiger partial charge in [-0.15, -0.1) is 10.2 Å². The Morgan fingerprint density at radius 2 is 1.97 bits per heavy atom. The molecule has 3 rings (SSSR count). The molecular weight excluding hydrogens is 452 g/mol. The molecule has 10 heteroatoms. The number of benzene rings is 2. The lowest BCUT2D eigenvalue weighted by Crippen LogP contribution is -2.23. The Bertz CT molecular complexity index is 1160. The van der Waals surface area contributed by atoms with E-state index in [2.05, 4.69) is 46.8 Å². The van der Waals surface area contributed by atoms with E-state index in [0.717, 1.165) is 28.6 Å². The van der Waals surface area contributed by atoms with Crippen molar-refractivity contribution in [2.24, 2.45) is 0 Å². The normalized spacial score (nSPS) is 10.9. The average Bonchev–Trinajstić information content (AvgIpc) is 3.15. The molecule has 0 saturated carbocycles. The number of carbonyl (C=O) groups excluding carboxylic acids is 2. The van der Waals surface area contributed by atoms with Crippen molar-refractivity contribution in [2.75, 3.05) is 23.5 Å². The number of amides is 2. The lowest BCUT2D eigenvalue weighted by atomic mass is 10.0. The van der Waals surface area contributed by atoms with Crippen molar-refractivity contribution >= 4 is 29.3 Å². The number of nitrogen functional groups attached to an aromatic ring is 1. The van der Waals surface area contributed by atoms with Crippen LogP contribution in [0.2, 0.25) is 0 Å². The summed E-state index contributed by atoms with van der Waals surface area (Å²) in [6.45, 7) is 8.77. The van der Waals surface area contributed by atoms with E-state index < -0.39 is 0 Å². The molecular formula is C24H30N6O3S. The van der Waals surface area contributed by atoms with Gasteiger partial charge in [-0.05, 0) is 55.2 Å². The summed E-state index contributed by atoms with van der Waals surface area (Å²) in [5.41, 5.74) is 3.23. The molecule has 3 aromatic rings. The van der Waals surface area contributed by atoms with Crippen LogP contribution in [-0.4, -0.2) is 39.0 Å². The van der Waals surface area contributed by atoms with Crippen LogP contribution in [-0.2, 0) is 11.4 Å². The molecule has 34 heavy (non-hydrogen) atoms. The third kappa shape index (κ3) is 6.50. The summed E-state index contributed by atoms with van der Waals surface area (Å²) in [6.07, 6.45) is 0. The number of rotatable bonds is 10. The molecule has 2 amide bonds. The summed E-state index contributed by atoms with van der Waals surface area (Å²) in [7, 11) is 0. The fourth-order valence-corrected chi connectivity index (χ4v) is 3.89. The Morgan fingerprint density at radius 1 is 1.18 bits per heavy atom. The Labute approximate surface area is 203 Å². The fraction of sp³-hybridized carbons (Fsp3) is 0.333. The van der Waals surface area contributed by atoms with E-state index >= 15 is 0 Å². The highest BCUT2D eigenvalue weighted by atomic mass is 32.2. The van der Waals surface area contributed by atoms with Gasteiger partial charge in [0.15, 0.2) is 5.82 Å². The molecule has 2 aromatic carbocycles. The quantitative estimate of drug-likeness (QED) is 0.298. The van der Waals surface area contributed by atoms with E-state index in [-0.39, 0.29) is 24.2 Å². The third-order valence-corrected chi connectivity index (χ3v) is 5.90. The number of nitrogens with two attached hydrogens (primary N) is 1. The highest BCUT2D eigenvalue weighted by Gasteiger charge is 2.15. The molecule has 0 spiro atoms. The van der Waals surface area contributed by atoms with Gasteiger partial charge in [0, 0.05) is 17.8 Å². The number of thioether (sulfide) groups is 1. The molecule has 4 N–H and O–H groups in total. The van der Waals surface area contributed by atoms with Crippen molar-refractivity contribution in [3.63, 3.8) is 0 Å². The molecule has 0 atom stereocenters. The molecule has 9 nitrogen and oxygen atoms in total. The van der Waals surface area contributed by atoms with Crippen LogP contribution < -0.4 is 21.2 Å². The van der Waals surface area contributed by atoms with Gasteiger partial charge in [-0.25, -0.2) is 4.68 Å². The van der Waals surface area contributed by atoms with Crippen LogP contribution in [0.5, 0.6) is 5.75 Å². The molecule has 1 aromatic heterocycles. The maximum absolute atomic E-state index is 12.4. The van der Waals surface area contributed by atoms with Crippen molar-refractivity contribution in [2.45, 2.75) is 45.4 Å². The number of hydrogen-bond acceptors (Lipinski definition) is 7. The Hall–Kier alpha value is -3.53. The SMILES string of the molecule is CCNC(=O)c1cccc(NC(=O)CSc2nnc(COc3cc(C)ccc3C(C)C)n2N)c1. The fourth-order valence-electron chi connectivity index (χ4n) is 3.22. The second-order valence-electron chi connectivity index (χ2n) is 8.03. The lowest BCUT2D eigenvalue weighted by Gasteiger charge is -2.14. The molecule has 0 radical (unpaired) electrons. The van der Waals surface area contributed by atoms with Gasteiger partial charge < -0.3 is 21.2 Å². The minimum Gasteiger partial charge on any atom is -0.485 e. The van der Waals surface area contributed by atoms with E-state index in [9.17, 15) is 9.59 Å². The van der Waals surface area contributed by atoms with Crippen LogP contribution >= 0.6 is 11.8 Å². The summed E-state index contributed by atoms with van der Waals surface area (Å²) in [5, 5.41) is 14.1. The van der Waals surface area contributed by atoms with E-state index in [1.165, 1.54) is 4.68 Å². The predicted molar refractivity (Wildman–Crippen MR) is 134 cm³/mol. The van der Waals surface area contributed by atoms with Crippen LogP contribution in [0.4, 0.5) is 5.69 Å². The molecule has 1 heterocycles. The molecule has 0 aliphatic heterocycles. The van der Waals surface area contributed by atoms with Gasteiger partial charge >= 0.3 is 0 Å². The highest BCUT2D eigenvalue weighted by molar-refractivity contribution is 7.99. The van der Waals surface area contributed by atoms with Crippen LogP contribution in [0.15, 0.2) is 47.6 Å². The maximum Gasteiger partial charge on any atom is 0.251 e. The van der Waals surface area contributed by atoms with Gasteiger partial charge in [0.1, 0.15) is 12.4 Å². The van der Waals surface area contributed by atoms with Gasteiger partial charge in [0.25, 0.3) is 5.91 Å². The second-order valence-corrected chi connectivity index (χ2v) is 8.97. The number of aryl methyl sites for hydroxylation is 1. The first-order valence-electron chi connectivity index (χ1n) is 11.0. The number of nitrogens with zero attached hydrogens (tertiary/aromatic N) is 3. The highest BCUT2D eigenvalue weighted by Crippen LogP contribution is 2.28. The van der Waals surface area contributed by atoms with Crippen LogP contribution in [0.1, 0.15) is 54.0 Å². The zero-order valence-electron chi connectivity index (χ0n) is 19.8. The molecule has 0 unspecified atom stereocenters. The van der Waals surface area contributed by atoms with Gasteiger partial charge in [-0.1, -0.05) is 43.8 Å². The monoisotopic (exact) mass is 482 g/mol. The van der Waals surface area contributed by atoms with Gasteiger partial charge in [0.2, 0.25) is 11.1 Å². The van der Waals surface area contributed by atoms with Crippen LogP contribution in [0, 0.1) is 6.92 Å². The van der Waals surface area contributed by atoms with Crippen LogP contribution in [0.3, 0.4) is 0 Å². The summed E-state index contributed by atoms with van der Waals surface area (Å²) in [5.74, 6) is 7.33. The van der Waals surface area contributed by atoms with E-state index in [1.807, 2.05) is 19.9 Å². The number of aromatic nitrogens is 3. The van der Waals surface area contributed by atoms with Crippen molar-refractivity contribution in [3.8, 4) is 5.75 Å². The first kappa shape index (κ1) is 25.1. The summed E-state index contributed by atoms with van der Waals surface area (Å²) >= 11 is 1.16. The first-order chi connectivity index (χ1) is 16.3.